The van der Waals surface area contributed by atoms with Crippen LogP contribution in [0.3, 0.4) is 0 Å². The number of hydrogen-bond acceptors (Lipinski definition) is 5. The molecular weight excluding hydrogens is 276 g/mol. The Kier molecular flexibility index (Phi) is 3.92. The average Bonchev–Trinajstić information content (AvgIpc) is 2.64. The lowest BCUT2D eigenvalue weighted by Gasteiger charge is -2.47. The highest BCUT2D eigenvalue weighted by molar-refractivity contribution is 5.84. The minimum atomic E-state index is -1.34. The number of carbonyl (C=O) groups excluding carboxylic acids is 1. The Balaban J connectivity index is 2.24. The number of carboxylic acid groups (broad SMARTS) is 1. The van der Waals surface area contributed by atoms with E-state index in [9.17, 15) is 19.8 Å². The summed E-state index contributed by atoms with van der Waals surface area (Å²) in [7, 11) is 0. The van der Waals surface area contributed by atoms with E-state index in [-0.39, 0.29) is 19.1 Å². The molecule has 21 heavy (non-hydrogen) atoms. The number of amides is 1. The number of fused-ring (bicyclic) bond motifs is 1. The van der Waals surface area contributed by atoms with Gasteiger partial charge in [-0.3, -0.25) is 9.80 Å². The molecule has 0 aliphatic carbocycles. The molecule has 1 amide bonds. The summed E-state index contributed by atoms with van der Waals surface area (Å²) in [6.45, 7) is 7.68. The first-order valence-electron chi connectivity index (χ1n) is 7.19. The molecule has 0 aromatic carbocycles. The molecule has 2 saturated heterocycles. The van der Waals surface area contributed by atoms with Gasteiger partial charge >= 0.3 is 12.1 Å². The molecule has 2 fully saturated rings. The number of piperazine rings is 1. The third-order valence-corrected chi connectivity index (χ3v) is 4.08. The van der Waals surface area contributed by atoms with Crippen LogP contribution >= 0.6 is 0 Å². The van der Waals surface area contributed by atoms with Crippen LogP contribution in [-0.2, 0) is 9.53 Å². The number of aliphatic hydroxyl groups excluding tert-OH is 1. The number of hydrogen-bond donors (Lipinski definition) is 2. The molecule has 0 saturated carbocycles. The van der Waals surface area contributed by atoms with Crippen molar-refractivity contribution in [2.24, 2.45) is 0 Å². The van der Waals surface area contributed by atoms with E-state index >= 15 is 0 Å². The zero-order valence-electron chi connectivity index (χ0n) is 13.0. The van der Waals surface area contributed by atoms with Gasteiger partial charge in [-0.1, -0.05) is 0 Å². The van der Waals surface area contributed by atoms with Crippen LogP contribution in [0.25, 0.3) is 0 Å². The first kappa shape index (κ1) is 16.0. The molecule has 0 unspecified atom stereocenters. The Morgan fingerprint density at radius 3 is 2.43 bits per heavy atom. The van der Waals surface area contributed by atoms with Crippen molar-refractivity contribution in [2.75, 3.05) is 19.6 Å². The fourth-order valence-electron chi connectivity index (χ4n) is 3.01. The van der Waals surface area contributed by atoms with Gasteiger partial charge in [-0.15, -0.1) is 0 Å². The Bertz CT molecular complexity index is 447. The largest absolute Gasteiger partial charge is 0.479 e. The van der Waals surface area contributed by atoms with Gasteiger partial charge in [-0.2, -0.15) is 0 Å². The Hall–Kier alpha value is -1.34. The average molecular weight is 300 g/mol. The van der Waals surface area contributed by atoms with Crippen LogP contribution in [0.2, 0.25) is 0 Å². The standard InChI is InChI=1S/C14H24N2O5/c1-13(2,3)21-12(20)16-6-9-5-10(17)7-15(9)8-14(16,4)11(18)19/h9-10,17H,5-8H2,1-4H3,(H,18,19)/t9-,10+,14+/m1/s1. The molecule has 2 N–H and O–H groups in total. The van der Waals surface area contributed by atoms with Crippen molar-refractivity contribution in [2.45, 2.75) is 57.4 Å². The number of nitrogens with zero attached hydrogens (tertiary/aromatic N) is 2. The Labute approximate surface area is 124 Å². The summed E-state index contributed by atoms with van der Waals surface area (Å²) in [5.41, 5.74) is -2.02. The predicted molar refractivity (Wildman–Crippen MR) is 75.0 cm³/mol. The summed E-state index contributed by atoms with van der Waals surface area (Å²) in [6.07, 6.45) is -0.533. The summed E-state index contributed by atoms with van der Waals surface area (Å²) in [5, 5.41) is 19.3. The van der Waals surface area contributed by atoms with Crippen LogP contribution in [0, 0.1) is 0 Å². The van der Waals surface area contributed by atoms with Gasteiger partial charge in [0.15, 0.2) is 5.54 Å². The van der Waals surface area contributed by atoms with Gasteiger partial charge in [-0.05, 0) is 34.1 Å². The van der Waals surface area contributed by atoms with Crippen LogP contribution in [0.4, 0.5) is 4.79 Å². The maximum absolute atomic E-state index is 12.4. The smallest absolute Gasteiger partial charge is 0.411 e. The van der Waals surface area contributed by atoms with Crippen molar-refractivity contribution >= 4 is 12.1 Å². The van der Waals surface area contributed by atoms with Gasteiger partial charge < -0.3 is 14.9 Å². The van der Waals surface area contributed by atoms with E-state index in [1.165, 1.54) is 11.8 Å². The number of rotatable bonds is 1. The molecule has 0 radical (unpaired) electrons. The highest BCUT2D eigenvalue weighted by Crippen LogP contribution is 2.32. The molecule has 2 heterocycles. The number of ether oxygens (including phenoxy) is 1. The molecule has 0 bridgehead atoms. The lowest BCUT2D eigenvalue weighted by atomic mass is 9.94. The van der Waals surface area contributed by atoms with Gasteiger partial charge in [-0.25, -0.2) is 9.59 Å². The zero-order chi connectivity index (χ0) is 16.0. The Morgan fingerprint density at radius 1 is 1.29 bits per heavy atom. The van der Waals surface area contributed by atoms with Gasteiger partial charge in [0.25, 0.3) is 0 Å². The van der Waals surface area contributed by atoms with Crippen molar-refractivity contribution in [3.05, 3.63) is 0 Å². The fourth-order valence-corrected chi connectivity index (χ4v) is 3.01. The van der Waals surface area contributed by atoms with E-state index in [0.29, 0.717) is 13.0 Å². The third kappa shape index (κ3) is 3.13. The predicted octanol–water partition coefficient (Wildman–Crippen LogP) is 0.516. The van der Waals surface area contributed by atoms with E-state index < -0.39 is 29.3 Å². The van der Waals surface area contributed by atoms with Crippen molar-refractivity contribution < 1.29 is 24.5 Å². The monoisotopic (exact) mass is 300 g/mol. The quantitative estimate of drug-likeness (QED) is 0.733. The SMILES string of the molecule is CC(C)(C)OC(=O)N1C[C@H]2C[C@H](O)CN2C[C@@]1(C)C(=O)O. The number of aliphatic carboxylic acids is 1. The second kappa shape index (κ2) is 5.14. The molecule has 0 spiro atoms. The molecule has 0 aromatic heterocycles. The highest BCUT2D eigenvalue weighted by Gasteiger charge is 2.52. The minimum absolute atomic E-state index is 0.0139. The molecule has 7 nitrogen and oxygen atoms in total. The maximum Gasteiger partial charge on any atom is 0.411 e. The molecule has 120 valence electrons. The summed E-state index contributed by atoms with van der Waals surface area (Å²) >= 11 is 0. The summed E-state index contributed by atoms with van der Waals surface area (Å²) in [4.78, 5) is 27.3. The Morgan fingerprint density at radius 2 is 1.90 bits per heavy atom. The van der Waals surface area contributed by atoms with Gasteiger partial charge in [0.1, 0.15) is 5.60 Å². The molecule has 3 atom stereocenters. The van der Waals surface area contributed by atoms with Crippen LogP contribution in [0.5, 0.6) is 0 Å². The molecule has 7 heteroatoms. The molecule has 2 rings (SSSR count). The van der Waals surface area contributed by atoms with Crippen molar-refractivity contribution in [1.29, 1.82) is 0 Å². The van der Waals surface area contributed by atoms with E-state index in [1.807, 2.05) is 4.90 Å². The zero-order valence-corrected chi connectivity index (χ0v) is 13.0. The van der Waals surface area contributed by atoms with E-state index in [4.69, 9.17) is 4.74 Å². The maximum atomic E-state index is 12.4. The topological polar surface area (TPSA) is 90.3 Å². The van der Waals surface area contributed by atoms with Gasteiger partial charge in [0, 0.05) is 25.7 Å². The van der Waals surface area contributed by atoms with Crippen molar-refractivity contribution in [3.8, 4) is 0 Å². The van der Waals surface area contributed by atoms with Gasteiger partial charge in [0.05, 0.1) is 6.10 Å². The normalized spacial score (nSPS) is 33.7. The second-order valence-corrected chi connectivity index (χ2v) is 7.14. The van der Waals surface area contributed by atoms with Crippen molar-refractivity contribution in [3.63, 3.8) is 0 Å². The first-order valence-corrected chi connectivity index (χ1v) is 7.19. The van der Waals surface area contributed by atoms with E-state index in [1.54, 1.807) is 20.8 Å². The molecule has 0 aromatic rings. The number of carbonyl (C=O) groups is 2. The number of carboxylic acids is 1. The van der Waals surface area contributed by atoms with Crippen LogP contribution < -0.4 is 0 Å². The van der Waals surface area contributed by atoms with Crippen molar-refractivity contribution in [1.82, 2.24) is 9.80 Å². The van der Waals surface area contributed by atoms with Crippen LogP contribution in [0.1, 0.15) is 34.1 Å². The third-order valence-electron chi connectivity index (χ3n) is 4.08. The van der Waals surface area contributed by atoms with E-state index in [0.717, 1.165) is 0 Å². The summed E-state index contributed by atoms with van der Waals surface area (Å²) < 4.78 is 5.34. The first-order chi connectivity index (χ1) is 9.53. The second-order valence-electron chi connectivity index (χ2n) is 7.14. The summed E-state index contributed by atoms with van der Waals surface area (Å²) in [5.74, 6) is -1.06. The molecule has 2 aliphatic heterocycles. The minimum Gasteiger partial charge on any atom is -0.479 e. The summed E-state index contributed by atoms with van der Waals surface area (Å²) in [6, 6.07) is -0.0139. The van der Waals surface area contributed by atoms with Crippen LogP contribution in [0.15, 0.2) is 0 Å². The lowest BCUT2D eigenvalue weighted by Crippen LogP contribution is -2.68. The highest BCUT2D eigenvalue weighted by atomic mass is 16.6. The van der Waals surface area contributed by atoms with E-state index in [2.05, 4.69) is 0 Å². The lowest BCUT2D eigenvalue weighted by molar-refractivity contribution is -0.155. The fraction of sp³-hybridized carbons (Fsp3) is 0.857. The number of aliphatic hydroxyl groups is 1. The van der Waals surface area contributed by atoms with Crippen LogP contribution in [-0.4, -0.2) is 75.0 Å². The molecule has 2 aliphatic rings. The van der Waals surface area contributed by atoms with Gasteiger partial charge in [0.2, 0.25) is 0 Å². The molecular formula is C14H24N2O5.